The Bertz CT molecular complexity index is 1260. The molecule has 0 spiro atoms. The van der Waals surface area contributed by atoms with Gasteiger partial charge in [-0.2, -0.15) is 0 Å². The maximum Gasteiger partial charge on any atom is 0.242 e. The minimum atomic E-state index is -3.60. The predicted molar refractivity (Wildman–Crippen MR) is 131 cm³/mol. The second-order valence-corrected chi connectivity index (χ2v) is 11.6. The van der Waals surface area contributed by atoms with E-state index >= 15 is 0 Å². The number of carbonyl (C=O) groups is 1. The lowest BCUT2D eigenvalue weighted by Gasteiger charge is -2.16. The first kappa shape index (κ1) is 24.6. The third-order valence-electron chi connectivity index (χ3n) is 5.02. The summed E-state index contributed by atoms with van der Waals surface area (Å²) in [4.78, 5) is 17.8. The summed E-state index contributed by atoms with van der Waals surface area (Å²) in [5, 5.41) is 3.78. The van der Waals surface area contributed by atoms with E-state index in [-0.39, 0.29) is 10.8 Å². The fraction of sp³-hybridized carbons (Fsp3) is 0.364. The number of halogens is 1. The van der Waals surface area contributed by atoms with Gasteiger partial charge in [0.25, 0.3) is 0 Å². The molecule has 0 radical (unpaired) electrons. The van der Waals surface area contributed by atoms with E-state index in [1.54, 1.807) is 13.0 Å². The van der Waals surface area contributed by atoms with E-state index in [0.717, 1.165) is 39.0 Å². The van der Waals surface area contributed by atoms with Crippen molar-refractivity contribution in [2.45, 2.75) is 49.0 Å². The number of aromatic nitrogens is 2. The van der Waals surface area contributed by atoms with Crippen molar-refractivity contribution in [1.82, 2.24) is 13.9 Å². The summed E-state index contributed by atoms with van der Waals surface area (Å²) >= 11 is 7.48. The summed E-state index contributed by atoms with van der Waals surface area (Å²) in [6.07, 6.45) is 0.925. The van der Waals surface area contributed by atoms with Crippen LogP contribution in [0.3, 0.4) is 0 Å². The van der Waals surface area contributed by atoms with Crippen LogP contribution in [-0.4, -0.2) is 47.5 Å². The lowest BCUT2D eigenvalue weighted by Crippen LogP contribution is -2.25. The van der Waals surface area contributed by atoms with Crippen LogP contribution in [0.25, 0.3) is 11.0 Å². The smallest absolute Gasteiger partial charge is 0.242 e. The molecule has 1 unspecified atom stereocenters. The van der Waals surface area contributed by atoms with Crippen molar-refractivity contribution in [1.29, 1.82) is 0 Å². The van der Waals surface area contributed by atoms with Crippen LogP contribution in [0.4, 0.5) is 5.69 Å². The Morgan fingerprint density at radius 1 is 1.25 bits per heavy atom. The molecule has 1 heterocycles. The number of fused-ring (bicyclic) bond motifs is 1. The number of hydrogen-bond donors (Lipinski definition) is 1. The first-order valence-electron chi connectivity index (χ1n) is 10.2. The van der Waals surface area contributed by atoms with Gasteiger partial charge in [-0.15, -0.1) is 0 Å². The highest BCUT2D eigenvalue weighted by Crippen LogP contribution is 2.30. The topological polar surface area (TPSA) is 84.3 Å². The van der Waals surface area contributed by atoms with Crippen molar-refractivity contribution in [2.24, 2.45) is 0 Å². The molecule has 0 aliphatic carbocycles. The molecule has 1 atom stereocenters. The fourth-order valence-corrected chi connectivity index (χ4v) is 5.21. The minimum absolute atomic E-state index is 0.130. The zero-order chi connectivity index (χ0) is 23.6. The van der Waals surface area contributed by atoms with Gasteiger partial charge in [0.2, 0.25) is 15.9 Å². The summed E-state index contributed by atoms with van der Waals surface area (Å²) < 4.78 is 28.1. The fourth-order valence-electron chi connectivity index (χ4n) is 3.16. The number of nitrogens with zero attached hydrogens (tertiary/aromatic N) is 3. The molecule has 2 aromatic carbocycles. The largest absolute Gasteiger partial charge is 0.325 e. The van der Waals surface area contributed by atoms with Crippen LogP contribution < -0.4 is 5.32 Å². The molecule has 0 fully saturated rings. The van der Waals surface area contributed by atoms with E-state index < -0.39 is 15.3 Å². The lowest BCUT2D eigenvalue weighted by atomic mass is 10.2. The molecule has 3 rings (SSSR count). The van der Waals surface area contributed by atoms with Gasteiger partial charge in [0.15, 0.2) is 5.16 Å². The zero-order valence-corrected chi connectivity index (χ0v) is 21.1. The van der Waals surface area contributed by atoms with E-state index in [1.165, 1.54) is 38.0 Å². The average Bonchev–Trinajstić information content (AvgIpc) is 3.05. The van der Waals surface area contributed by atoms with Crippen molar-refractivity contribution in [3.63, 3.8) is 0 Å². The van der Waals surface area contributed by atoms with Gasteiger partial charge in [-0.3, -0.25) is 4.79 Å². The highest BCUT2D eigenvalue weighted by Gasteiger charge is 2.22. The van der Waals surface area contributed by atoms with E-state index in [9.17, 15) is 13.2 Å². The number of nitrogens with one attached hydrogen (secondary N) is 1. The second-order valence-electron chi connectivity index (χ2n) is 7.69. The first-order chi connectivity index (χ1) is 15.0. The van der Waals surface area contributed by atoms with Gasteiger partial charge in [0, 0.05) is 31.4 Å². The Morgan fingerprint density at radius 3 is 2.62 bits per heavy atom. The molecule has 3 aromatic rings. The Balaban J connectivity index is 1.84. The van der Waals surface area contributed by atoms with E-state index in [1.807, 2.05) is 25.1 Å². The van der Waals surface area contributed by atoms with Gasteiger partial charge in [-0.25, -0.2) is 17.7 Å². The van der Waals surface area contributed by atoms with Gasteiger partial charge >= 0.3 is 0 Å². The van der Waals surface area contributed by atoms with Crippen molar-refractivity contribution < 1.29 is 13.2 Å². The second kappa shape index (κ2) is 9.82. The predicted octanol–water partition coefficient (Wildman–Crippen LogP) is 4.78. The van der Waals surface area contributed by atoms with Crippen LogP contribution >= 0.6 is 23.4 Å². The molecule has 1 amide bonds. The van der Waals surface area contributed by atoms with Crippen molar-refractivity contribution >= 4 is 56.0 Å². The molecule has 1 aromatic heterocycles. The number of carbonyl (C=O) groups excluding carboxylic acids is 1. The number of amides is 1. The van der Waals surface area contributed by atoms with Crippen molar-refractivity contribution in [2.75, 3.05) is 19.4 Å². The molecule has 0 saturated heterocycles. The molecule has 172 valence electrons. The Morgan fingerprint density at radius 2 is 1.97 bits per heavy atom. The van der Waals surface area contributed by atoms with Gasteiger partial charge in [0.1, 0.15) is 0 Å². The number of aryl methyl sites for hydroxylation is 2. The molecule has 32 heavy (non-hydrogen) atoms. The standard InChI is InChI=1S/C22H27ClN4O3S2/c1-6-11-27-20-10-8-16(23)12-19(20)25-22(27)31-15(3)21(28)24-18-13-17(9-7-14(18)2)32(29,30)26(4)5/h7-10,12-13,15H,6,11H2,1-5H3,(H,24,28). The van der Waals surface area contributed by atoms with E-state index in [4.69, 9.17) is 11.6 Å². The lowest BCUT2D eigenvalue weighted by molar-refractivity contribution is -0.115. The maximum atomic E-state index is 13.0. The Labute approximate surface area is 198 Å². The molecule has 7 nitrogen and oxygen atoms in total. The number of thioether (sulfide) groups is 1. The Kier molecular flexibility index (Phi) is 7.54. The first-order valence-corrected chi connectivity index (χ1v) is 12.9. The monoisotopic (exact) mass is 494 g/mol. The number of imidazole rings is 1. The quantitative estimate of drug-likeness (QED) is 0.455. The normalized spacial score (nSPS) is 13.0. The summed E-state index contributed by atoms with van der Waals surface area (Å²) in [5.74, 6) is -0.231. The van der Waals surface area contributed by atoms with Crippen molar-refractivity contribution in [3.8, 4) is 0 Å². The van der Waals surface area contributed by atoms with Gasteiger partial charge in [-0.1, -0.05) is 36.4 Å². The number of anilines is 1. The molecule has 10 heteroatoms. The third-order valence-corrected chi connectivity index (χ3v) is 8.16. The molecule has 0 saturated carbocycles. The highest BCUT2D eigenvalue weighted by atomic mass is 35.5. The zero-order valence-electron chi connectivity index (χ0n) is 18.7. The van der Waals surface area contributed by atoms with Crippen LogP contribution in [0.15, 0.2) is 46.5 Å². The SMILES string of the molecule is CCCn1c(SC(C)C(=O)Nc2cc(S(=O)(=O)N(C)C)ccc2C)nc2cc(Cl)ccc21. The molecule has 1 N–H and O–H groups in total. The molecular formula is C22H27ClN4O3S2. The van der Waals surface area contributed by atoms with Gasteiger partial charge in [0.05, 0.1) is 21.2 Å². The van der Waals surface area contributed by atoms with Crippen LogP contribution in [0.1, 0.15) is 25.8 Å². The van der Waals surface area contributed by atoms with E-state index in [0.29, 0.717) is 10.7 Å². The third kappa shape index (κ3) is 5.11. The van der Waals surface area contributed by atoms with Crippen LogP contribution in [0.2, 0.25) is 5.02 Å². The number of benzene rings is 2. The summed E-state index contributed by atoms with van der Waals surface area (Å²) in [7, 11) is -0.650. The maximum absolute atomic E-state index is 13.0. The number of rotatable bonds is 8. The van der Waals surface area contributed by atoms with Crippen molar-refractivity contribution in [3.05, 3.63) is 47.0 Å². The van der Waals surface area contributed by atoms with Crippen LogP contribution in [-0.2, 0) is 21.4 Å². The summed E-state index contributed by atoms with van der Waals surface area (Å²) in [6, 6.07) is 10.3. The van der Waals surface area contributed by atoms with Gasteiger partial charge in [-0.05, 0) is 56.2 Å². The van der Waals surface area contributed by atoms with Crippen LogP contribution in [0.5, 0.6) is 0 Å². The number of sulfonamides is 1. The number of hydrogen-bond acceptors (Lipinski definition) is 5. The van der Waals surface area contributed by atoms with E-state index in [2.05, 4.69) is 21.8 Å². The van der Waals surface area contributed by atoms with Crippen LogP contribution in [0, 0.1) is 6.92 Å². The average molecular weight is 495 g/mol. The summed E-state index contributed by atoms with van der Waals surface area (Å²) in [6.45, 7) is 6.49. The molecule has 0 aliphatic rings. The minimum Gasteiger partial charge on any atom is -0.325 e. The molecule has 0 aliphatic heterocycles. The Hall–Kier alpha value is -2.07. The van der Waals surface area contributed by atoms with Gasteiger partial charge < -0.3 is 9.88 Å². The highest BCUT2D eigenvalue weighted by molar-refractivity contribution is 8.00. The molecule has 0 bridgehead atoms. The molecular weight excluding hydrogens is 468 g/mol. The summed E-state index contributed by atoms with van der Waals surface area (Å²) in [5.41, 5.74) is 3.02.